The fourth-order valence-corrected chi connectivity index (χ4v) is 6.14. The number of aromatic nitrogens is 4. The minimum Gasteiger partial charge on any atom is -0.475 e. The Hall–Kier alpha value is -4.71. The Labute approximate surface area is 286 Å². The first kappa shape index (κ1) is 34.6. The summed E-state index contributed by atoms with van der Waals surface area (Å²) in [5.41, 5.74) is 4.82. The summed E-state index contributed by atoms with van der Waals surface area (Å²) >= 11 is 1.33. The predicted molar refractivity (Wildman–Crippen MR) is 188 cm³/mol. The summed E-state index contributed by atoms with van der Waals surface area (Å²) in [6, 6.07) is 15.1. The molecule has 2 aromatic heterocycles. The molecule has 2 aromatic carbocycles. The molecule has 11 nitrogen and oxygen atoms in total. The van der Waals surface area contributed by atoms with E-state index in [0.29, 0.717) is 35.3 Å². The maximum Gasteiger partial charge on any atom is 0.414 e. The van der Waals surface area contributed by atoms with Crippen molar-refractivity contribution in [2.75, 3.05) is 23.3 Å². The number of hydrogen-bond acceptors (Lipinski definition) is 10. The normalized spacial score (nSPS) is 15.1. The first-order chi connectivity index (χ1) is 22.8. The van der Waals surface area contributed by atoms with Crippen LogP contribution in [0.4, 0.5) is 16.4 Å². The lowest BCUT2D eigenvalue weighted by molar-refractivity contribution is 0.0505. The first-order valence-corrected chi connectivity index (χ1v) is 16.8. The van der Waals surface area contributed by atoms with Crippen molar-refractivity contribution in [2.24, 2.45) is 5.41 Å². The zero-order chi connectivity index (χ0) is 34.6. The summed E-state index contributed by atoms with van der Waals surface area (Å²) in [5.74, 6) is 1.06. The Morgan fingerprint density at radius 1 is 1.08 bits per heavy atom. The summed E-state index contributed by atoms with van der Waals surface area (Å²) in [6.45, 7) is 14.4. The van der Waals surface area contributed by atoms with Gasteiger partial charge < -0.3 is 14.4 Å². The molecule has 0 fully saturated rings. The third-order valence-electron chi connectivity index (χ3n) is 7.76. The number of nitrogens with one attached hydrogen (secondary N) is 1. The van der Waals surface area contributed by atoms with Gasteiger partial charge in [-0.1, -0.05) is 45.0 Å². The fraction of sp³-hybridized carbons (Fsp3) is 0.389. The van der Waals surface area contributed by atoms with Crippen molar-refractivity contribution in [3.63, 3.8) is 0 Å². The number of benzene rings is 2. The molecule has 252 valence electrons. The Balaban J connectivity index is 1.53. The average Bonchev–Trinajstić information content (AvgIpc) is 3.03. The van der Waals surface area contributed by atoms with E-state index < -0.39 is 6.09 Å². The largest absolute Gasteiger partial charge is 0.475 e. The average molecular weight is 670 g/mol. The molecule has 2 amide bonds. The lowest BCUT2D eigenvalue weighted by Gasteiger charge is -2.35. The molecule has 12 heteroatoms. The Kier molecular flexibility index (Phi) is 10.5. The van der Waals surface area contributed by atoms with E-state index in [2.05, 4.69) is 61.4 Å². The topological polar surface area (TPSA) is 123 Å². The number of amides is 2. The quantitative estimate of drug-likeness (QED) is 0.207. The van der Waals surface area contributed by atoms with Crippen LogP contribution < -0.4 is 14.4 Å². The Bertz CT molecular complexity index is 1760. The highest BCUT2D eigenvalue weighted by atomic mass is 32.2. The summed E-state index contributed by atoms with van der Waals surface area (Å²) in [7, 11) is 1.60. The van der Waals surface area contributed by atoms with Crippen molar-refractivity contribution in [3.8, 4) is 17.1 Å². The van der Waals surface area contributed by atoms with Gasteiger partial charge in [0.1, 0.15) is 12.4 Å². The number of carbonyl (C=O) groups excluding carboxylic acids is 2. The first-order valence-electron chi connectivity index (χ1n) is 15.9. The van der Waals surface area contributed by atoms with Crippen molar-refractivity contribution in [2.45, 2.75) is 78.5 Å². The second-order valence-corrected chi connectivity index (χ2v) is 14.3. The van der Waals surface area contributed by atoms with Gasteiger partial charge in [-0.15, -0.1) is 0 Å². The maximum absolute atomic E-state index is 14.4. The van der Waals surface area contributed by atoms with Gasteiger partial charge in [-0.3, -0.25) is 14.4 Å². The summed E-state index contributed by atoms with van der Waals surface area (Å²) in [6.07, 6.45) is 3.00. The van der Waals surface area contributed by atoms with E-state index in [1.54, 1.807) is 38.2 Å². The molecular weight excluding hydrogens is 627 g/mol. The van der Waals surface area contributed by atoms with E-state index >= 15 is 0 Å². The number of ether oxygens (including phenoxy) is 2. The van der Waals surface area contributed by atoms with E-state index in [-0.39, 0.29) is 36.6 Å². The number of carbonyl (C=O) groups is 2. The van der Waals surface area contributed by atoms with Crippen molar-refractivity contribution < 1.29 is 19.1 Å². The van der Waals surface area contributed by atoms with Gasteiger partial charge in [0, 0.05) is 29.1 Å². The predicted octanol–water partition coefficient (Wildman–Crippen LogP) is 7.49. The van der Waals surface area contributed by atoms with Gasteiger partial charge in [-0.2, -0.15) is 4.98 Å². The van der Waals surface area contributed by atoms with Gasteiger partial charge in [-0.05, 0) is 80.8 Å². The second kappa shape index (κ2) is 14.6. The number of nitrogens with zero attached hydrogens (tertiary/aromatic N) is 6. The molecular formula is C36H43N7O4S. The van der Waals surface area contributed by atoms with E-state index in [4.69, 9.17) is 19.4 Å². The molecule has 1 atom stereocenters. The summed E-state index contributed by atoms with van der Waals surface area (Å²) in [4.78, 5) is 49.4. The zero-order valence-electron chi connectivity index (χ0n) is 28.8. The monoisotopic (exact) mass is 669 g/mol. The fourth-order valence-electron chi connectivity index (χ4n) is 5.51. The molecule has 4 aromatic rings. The van der Waals surface area contributed by atoms with Crippen LogP contribution in [-0.2, 0) is 11.3 Å². The number of hydrogen-bond donors (Lipinski definition) is 1. The smallest absolute Gasteiger partial charge is 0.414 e. The SMILES string of the molecule is Cc1cccc(C)c1-c1cc2nc(n1)NSc1cccc(c1)C(=O)N(Cc1ncc(N(C)C(=O)OC(C)C)cn1)[C@H](CC(C)(C)C)CO2. The van der Waals surface area contributed by atoms with Gasteiger partial charge in [0.15, 0.2) is 0 Å². The Morgan fingerprint density at radius 3 is 2.44 bits per heavy atom. The van der Waals surface area contributed by atoms with Crippen LogP contribution in [0.5, 0.6) is 5.88 Å². The van der Waals surface area contributed by atoms with Crippen LogP contribution in [-0.4, -0.2) is 62.6 Å². The molecule has 0 saturated heterocycles. The second-order valence-electron chi connectivity index (χ2n) is 13.4. The van der Waals surface area contributed by atoms with Gasteiger partial charge in [0.25, 0.3) is 5.91 Å². The zero-order valence-corrected chi connectivity index (χ0v) is 29.6. The minimum atomic E-state index is -0.501. The molecule has 5 rings (SSSR count). The van der Waals surface area contributed by atoms with Gasteiger partial charge in [0.05, 0.1) is 42.5 Å². The van der Waals surface area contributed by atoms with Gasteiger partial charge in [0.2, 0.25) is 11.8 Å². The number of anilines is 2. The van der Waals surface area contributed by atoms with Crippen LogP contribution >= 0.6 is 11.9 Å². The molecule has 0 radical (unpaired) electrons. The van der Waals surface area contributed by atoms with Crippen LogP contribution in [0.3, 0.4) is 0 Å². The van der Waals surface area contributed by atoms with E-state index in [1.165, 1.54) is 16.8 Å². The highest BCUT2D eigenvalue weighted by Crippen LogP contribution is 2.32. The summed E-state index contributed by atoms with van der Waals surface area (Å²) in [5, 5.41) is 0. The molecule has 0 unspecified atom stereocenters. The summed E-state index contributed by atoms with van der Waals surface area (Å²) < 4.78 is 15.0. The molecule has 3 heterocycles. The molecule has 0 saturated carbocycles. The molecule has 1 N–H and O–H groups in total. The Morgan fingerprint density at radius 2 is 1.77 bits per heavy atom. The lowest BCUT2D eigenvalue weighted by atomic mass is 9.87. The van der Waals surface area contributed by atoms with Gasteiger partial charge in [-0.25, -0.2) is 19.7 Å². The third-order valence-corrected chi connectivity index (χ3v) is 8.53. The van der Waals surface area contributed by atoms with Crippen LogP contribution in [0.1, 0.15) is 68.3 Å². The van der Waals surface area contributed by atoms with Crippen molar-refractivity contribution >= 4 is 35.6 Å². The molecule has 48 heavy (non-hydrogen) atoms. The maximum atomic E-state index is 14.4. The minimum absolute atomic E-state index is 0.127. The van der Waals surface area contributed by atoms with E-state index in [9.17, 15) is 9.59 Å². The van der Waals surface area contributed by atoms with Crippen molar-refractivity contribution in [3.05, 3.63) is 83.4 Å². The highest BCUT2D eigenvalue weighted by molar-refractivity contribution is 8.00. The number of rotatable bonds is 6. The van der Waals surface area contributed by atoms with Crippen LogP contribution in [0.15, 0.2) is 65.8 Å². The van der Waals surface area contributed by atoms with E-state index in [1.807, 2.05) is 36.4 Å². The number of aryl methyl sites for hydroxylation is 2. The molecule has 0 spiro atoms. The van der Waals surface area contributed by atoms with Gasteiger partial charge >= 0.3 is 6.09 Å². The number of fused-ring (bicyclic) bond motifs is 4. The lowest BCUT2D eigenvalue weighted by Crippen LogP contribution is -2.45. The van der Waals surface area contributed by atoms with Crippen LogP contribution in [0, 0.1) is 19.3 Å². The van der Waals surface area contributed by atoms with Crippen molar-refractivity contribution in [1.29, 1.82) is 0 Å². The highest BCUT2D eigenvalue weighted by Gasteiger charge is 2.31. The van der Waals surface area contributed by atoms with Crippen LogP contribution in [0.25, 0.3) is 11.3 Å². The van der Waals surface area contributed by atoms with Crippen molar-refractivity contribution in [1.82, 2.24) is 24.8 Å². The standard InChI is InChI=1S/C36H43N7O4S/c1-22(2)47-35(45)42(8)27-18-37-30(38-19-27)20-43-26(17-36(5,6)7)21-46-31-16-29(32-23(3)11-9-12-24(32)4)39-34(40-31)41-48-28-14-10-13-25(15-28)33(43)44/h9-16,18-19,22,26H,17,20-21H2,1-8H3,(H,39,40,41)/t26-/m1/s1. The molecule has 4 bridgehead atoms. The third kappa shape index (κ3) is 8.60. The molecule has 1 aliphatic rings. The molecule has 1 aliphatic heterocycles. The molecule has 0 aliphatic carbocycles. The van der Waals surface area contributed by atoms with Crippen LogP contribution in [0.2, 0.25) is 0 Å². The van der Waals surface area contributed by atoms with E-state index in [0.717, 1.165) is 27.3 Å².